The van der Waals surface area contributed by atoms with E-state index in [-0.39, 0.29) is 11.8 Å². The molecule has 0 unspecified atom stereocenters. The molecule has 2 rings (SSSR count). The average Bonchev–Trinajstić information content (AvgIpc) is 2.81. The van der Waals surface area contributed by atoms with Crippen molar-refractivity contribution < 1.29 is 4.79 Å². The van der Waals surface area contributed by atoms with Gasteiger partial charge >= 0.3 is 0 Å². The molecule has 1 aromatic rings. The van der Waals surface area contributed by atoms with E-state index in [0.29, 0.717) is 12.6 Å². The van der Waals surface area contributed by atoms with Crippen LogP contribution in [0.3, 0.4) is 0 Å². The summed E-state index contributed by atoms with van der Waals surface area (Å²) in [6.45, 7) is 7.10. The van der Waals surface area contributed by atoms with E-state index >= 15 is 0 Å². The number of hydrogen-bond donors (Lipinski definition) is 1. The van der Waals surface area contributed by atoms with Crippen molar-refractivity contribution in [3.8, 4) is 0 Å². The van der Waals surface area contributed by atoms with Gasteiger partial charge in [-0.05, 0) is 33.6 Å². The second kappa shape index (κ2) is 6.91. The van der Waals surface area contributed by atoms with Gasteiger partial charge in [-0.2, -0.15) is 0 Å². The first-order valence-electron chi connectivity index (χ1n) is 7.90. The van der Waals surface area contributed by atoms with Gasteiger partial charge < -0.3 is 9.88 Å². The first kappa shape index (κ1) is 15.1. The van der Waals surface area contributed by atoms with Crippen molar-refractivity contribution >= 4 is 5.91 Å². The molecular formula is C16H27N3O. The fourth-order valence-corrected chi connectivity index (χ4v) is 3.19. The zero-order chi connectivity index (χ0) is 14.5. The van der Waals surface area contributed by atoms with Crippen molar-refractivity contribution in [3.05, 3.63) is 17.7 Å². The van der Waals surface area contributed by atoms with Gasteiger partial charge in [-0.1, -0.05) is 19.3 Å². The Kier molecular flexibility index (Phi) is 5.21. The average molecular weight is 277 g/mol. The highest BCUT2D eigenvalue weighted by atomic mass is 16.1. The van der Waals surface area contributed by atoms with Crippen LogP contribution in [0.5, 0.6) is 0 Å². The van der Waals surface area contributed by atoms with E-state index in [9.17, 15) is 4.79 Å². The fourth-order valence-electron chi connectivity index (χ4n) is 3.19. The first-order chi connectivity index (χ1) is 9.59. The summed E-state index contributed by atoms with van der Waals surface area (Å²) in [7, 11) is 0. The molecule has 1 N–H and O–H groups in total. The Morgan fingerprint density at radius 2 is 2.10 bits per heavy atom. The summed E-state index contributed by atoms with van der Waals surface area (Å²) in [6, 6.07) is 0.418. The predicted molar refractivity (Wildman–Crippen MR) is 80.6 cm³/mol. The van der Waals surface area contributed by atoms with Gasteiger partial charge in [0.15, 0.2) is 0 Å². The molecule has 0 atom stereocenters. The topological polar surface area (TPSA) is 46.9 Å². The SMILES string of the molecule is Cc1cnc(CCNC(=O)C2CCCCC2)n1C(C)C. The van der Waals surface area contributed by atoms with Gasteiger partial charge in [0.2, 0.25) is 5.91 Å². The molecule has 20 heavy (non-hydrogen) atoms. The summed E-state index contributed by atoms with van der Waals surface area (Å²) >= 11 is 0. The van der Waals surface area contributed by atoms with Gasteiger partial charge in [0, 0.05) is 36.8 Å². The molecule has 0 aromatic carbocycles. The zero-order valence-corrected chi connectivity index (χ0v) is 13.0. The van der Waals surface area contributed by atoms with Crippen molar-refractivity contribution in [2.24, 2.45) is 5.92 Å². The molecule has 4 heteroatoms. The van der Waals surface area contributed by atoms with E-state index in [0.717, 1.165) is 25.1 Å². The zero-order valence-electron chi connectivity index (χ0n) is 13.0. The molecule has 0 spiro atoms. The number of carbonyl (C=O) groups is 1. The second-order valence-corrected chi connectivity index (χ2v) is 6.16. The van der Waals surface area contributed by atoms with Gasteiger partial charge in [-0.25, -0.2) is 4.98 Å². The lowest BCUT2D eigenvalue weighted by Gasteiger charge is -2.21. The molecular weight excluding hydrogens is 250 g/mol. The molecule has 0 saturated heterocycles. The van der Waals surface area contributed by atoms with Gasteiger partial charge in [0.25, 0.3) is 0 Å². The highest BCUT2D eigenvalue weighted by Gasteiger charge is 2.20. The van der Waals surface area contributed by atoms with Crippen LogP contribution in [0.4, 0.5) is 0 Å². The number of aryl methyl sites for hydroxylation is 1. The highest BCUT2D eigenvalue weighted by Crippen LogP contribution is 2.23. The molecule has 0 aliphatic heterocycles. The molecule has 0 bridgehead atoms. The normalized spacial score (nSPS) is 16.6. The Morgan fingerprint density at radius 3 is 2.75 bits per heavy atom. The number of hydrogen-bond acceptors (Lipinski definition) is 2. The summed E-state index contributed by atoms with van der Waals surface area (Å²) in [5.74, 6) is 1.56. The molecule has 1 aromatic heterocycles. The highest BCUT2D eigenvalue weighted by molar-refractivity contribution is 5.78. The van der Waals surface area contributed by atoms with Crippen LogP contribution >= 0.6 is 0 Å². The number of amides is 1. The van der Waals surface area contributed by atoms with E-state index in [1.807, 2.05) is 6.20 Å². The molecule has 1 heterocycles. The maximum Gasteiger partial charge on any atom is 0.223 e. The van der Waals surface area contributed by atoms with E-state index in [1.165, 1.54) is 25.0 Å². The lowest BCUT2D eigenvalue weighted by atomic mass is 9.89. The van der Waals surface area contributed by atoms with E-state index in [2.05, 4.69) is 35.6 Å². The lowest BCUT2D eigenvalue weighted by Crippen LogP contribution is -2.33. The van der Waals surface area contributed by atoms with Crippen molar-refractivity contribution in [1.82, 2.24) is 14.9 Å². The minimum atomic E-state index is 0.240. The number of carbonyl (C=O) groups excluding carboxylic acids is 1. The van der Waals surface area contributed by atoms with E-state index in [1.54, 1.807) is 0 Å². The van der Waals surface area contributed by atoms with E-state index in [4.69, 9.17) is 0 Å². The summed E-state index contributed by atoms with van der Waals surface area (Å²) in [5.41, 5.74) is 1.19. The Hall–Kier alpha value is -1.32. The summed E-state index contributed by atoms with van der Waals surface area (Å²) < 4.78 is 2.24. The lowest BCUT2D eigenvalue weighted by molar-refractivity contribution is -0.125. The Labute approximate surface area is 122 Å². The van der Waals surface area contributed by atoms with Crippen LogP contribution in [-0.4, -0.2) is 22.0 Å². The second-order valence-electron chi connectivity index (χ2n) is 6.16. The third kappa shape index (κ3) is 3.62. The summed E-state index contributed by atoms with van der Waals surface area (Å²) in [4.78, 5) is 16.5. The van der Waals surface area contributed by atoms with Crippen LogP contribution < -0.4 is 5.32 Å². The molecule has 112 valence electrons. The molecule has 1 amide bonds. The molecule has 1 saturated carbocycles. The smallest absolute Gasteiger partial charge is 0.223 e. The molecule has 0 radical (unpaired) electrons. The molecule has 1 fully saturated rings. The number of nitrogens with one attached hydrogen (secondary N) is 1. The Morgan fingerprint density at radius 1 is 1.40 bits per heavy atom. The third-order valence-corrected chi connectivity index (χ3v) is 4.20. The minimum Gasteiger partial charge on any atom is -0.355 e. The third-order valence-electron chi connectivity index (χ3n) is 4.20. The Balaban J connectivity index is 1.82. The fraction of sp³-hybridized carbons (Fsp3) is 0.750. The van der Waals surface area contributed by atoms with Crippen molar-refractivity contribution in [2.45, 2.75) is 65.3 Å². The van der Waals surface area contributed by atoms with Gasteiger partial charge in [0.05, 0.1) is 0 Å². The van der Waals surface area contributed by atoms with Crippen LogP contribution in [0.15, 0.2) is 6.20 Å². The summed E-state index contributed by atoms with van der Waals surface area (Å²) in [5, 5.41) is 3.08. The van der Waals surface area contributed by atoms with Crippen molar-refractivity contribution in [3.63, 3.8) is 0 Å². The maximum absolute atomic E-state index is 12.1. The van der Waals surface area contributed by atoms with Crippen molar-refractivity contribution in [2.75, 3.05) is 6.54 Å². The molecule has 4 nitrogen and oxygen atoms in total. The monoisotopic (exact) mass is 277 g/mol. The first-order valence-corrected chi connectivity index (χ1v) is 7.90. The van der Waals surface area contributed by atoms with Crippen LogP contribution in [0.1, 0.15) is 63.5 Å². The van der Waals surface area contributed by atoms with Gasteiger partial charge in [-0.15, -0.1) is 0 Å². The number of rotatable bonds is 5. The standard InChI is InChI=1S/C16H27N3O/c1-12(2)19-13(3)11-18-15(19)9-10-17-16(20)14-7-5-4-6-8-14/h11-12,14H,4-10H2,1-3H3,(H,17,20). The van der Waals surface area contributed by atoms with Crippen LogP contribution in [0.2, 0.25) is 0 Å². The van der Waals surface area contributed by atoms with Gasteiger partial charge in [-0.3, -0.25) is 4.79 Å². The van der Waals surface area contributed by atoms with Gasteiger partial charge in [0.1, 0.15) is 5.82 Å². The van der Waals surface area contributed by atoms with Crippen LogP contribution in [-0.2, 0) is 11.2 Å². The largest absolute Gasteiger partial charge is 0.355 e. The van der Waals surface area contributed by atoms with Crippen LogP contribution in [0, 0.1) is 12.8 Å². The number of imidazole rings is 1. The van der Waals surface area contributed by atoms with Crippen LogP contribution in [0.25, 0.3) is 0 Å². The number of aromatic nitrogens is 2. The minimum absolute atomic E-state index is 0.240. The predicted octanol–water partition coefficient (Wildman–Crippen LogP) is 3.01. The molecule has 1 aliphatic rings. The quantitative estimate of drug-likeness (QED) is 0.899. The maximum atomic E-state index is 12.1. The number of nitrogens with zero attached hydrogens (tertiary/aromatic N) is 2. The van der Waals surface area contributed by atoms with E-state index < -0.39 is 0 Å². The molecule has 1 aliphatic carbocycles. The summed E-state index contributed by atoms with van der Waals surface area (Å²) in [6.07, 6.45) is 8.54. The Bertz CT molecular complexity index is 445. The van der Waals surface area contributed by atoms with Crippen molar-refractivity contribution in [1.29, 1.82) is 0 Å².